The molecule has 174 valence electrons. The highest BCUT2D eigenvalue weighted by molar-refractivity contribution is 7.16. The summed E-state index contributed by atoms with van der Waals surface area (Å²) >= 11 is 1.20. The van der Waals surface area contributed by atoms with Crippen LogP contribution in [-0.2, 0) is 16.1 Å². The van der Waals surface area contributed by atoms with Crippen molar-refractivity contribution >= 4 is 39.2 Å². The molecule has 0 spiro atoms. The van der Waals surface area contributed by atoms with Gasteiger partial charge in [0.15, 0.2) is 16.3 Å². The van der Waals surface area contributed by atoms with E-state index in [2.05, 4.69) is 4.99 Å². The maximum Gasteiger partial charge on any atom is 0.272 e. The number of thiazole rings is 1. The van der Waals surface area contributed by atoms with E-state index in [-0.39, 0.29) is 5.69 Å². The molecule has 0 unspecified atom stereocenters. The first kappa shape index (κ1) is 24.0. The van der Waals surface area contributed by atoms with Gasteiger partial charge >= 0.3 is 0 Å². The number of nitro benzene ring substituents is 1. The molecule has 0 radical (unpaired) electrons. The van der Waals surface area contributed by atoms with Gasteiger partial charge in [-0.2, -0.15) is 4.99 Å². The first-order valence-electron chi connectivity index (χ1n) is 9.75. The van der Waals surface area contributed by atoms with Crippen LogP contribution < -0.4 is 19.0 Å². The van der Waals surface area contributed by atoms with Crippen molar-refractivity contribution in [3.8, 4) is 17.2 Å². The number of carbonyl (C=O) groups excluding carboxylic acids is 1. The highest BCUT2D eigenvalue weighted by Gasteiger charge is 2.14. The van der Waals surface area contributed by atoms with Gasteiger partial charge in [-0.1, -0.05) is 11.3 Å². The minimum atomic E-state index is -0.490. The first-order valence-corrected chi connectivity index (χ1v) is 10.6. The molecule has 33 heavy (non-hydrogen) atoms. The van der Waals surface area contributed by atoms with Gasteiger partial charge in [-0.05, 0) is 29.8 Å². The predicted octanol–water partition coefficient (Wildman–Crippen LogP) is 3.42. The minimum Gasteiger partial charge on any atom is -0.493 e. The lowest BCUT2D eigenvalue weighted by molar-refractivity contribution is -0.384. The van der Waals surface area contributed by atoms with Crippen molar-refractivity contribution in [1.82, 2.24) is 4.57 Å². The van der Waals surface area contributed by atoms with Gasteiger partial charge in [-0.3, -0.25) is 14.9 Å². The standard InChI is InChI=1S/C22H23N3O7S/c1-29-10-9-24-16-7-6-15(25(27)28)13-19(16)33-22(24)23-20(26)8-5-14-11-17(30-2)21(32-4)18(12-14)31-3/h5-8,11-13H,9-10H2,1-4H3/b8-5-,23-22?. The van der Waals surface area contributed by atoms with Gasteiger partial charge in [0, 0.05) is 31.9 Å². The van der Waals surface area contributed by atoms with Gasteiger partial charge in [0.1, 0.15) is 0 Å². The average Bonchev–Trinajstić information content (AvgIpc) is 3.16. The molecule has 2 aromatic carbocycles. The van der Waals surface area contributed by atoms with Crippen LogP contribution in [0.15, 0.2) is 41.4 Å². The number of amides is 1. The predicted molar refractivity (Wildman–Crippen MR) is 124 cm³/mol. The summed E-state index contributed by atoms with van der Waals surface area (Å²) in [6.45, 7) is 0.836. The lowest BCUT2D eigenvalue weighted by Crippen LogP contribution is -2.18. The van der Waals surface area contributed by atoms with Crippen molar-refractivity contribution in [3.05, 3.63) is 56.9 Å². The number of ether oxygens (including phenoxy) is 4. The molecule has 0 bridgehead atoms. The van der Waals surface area contributed by atoms with E-state index in [4.69, 9.17) is 18.9 Å². The number of hydrogen-bond donors (Lipinski definition) is 0. The topological polar surface area (TPSA) is 114 Å². The third kappa shape index (κ3) is 5.38. The van der Waals surface area contributed by atoms with Crippen LogP contribution in [0.5, 0.6) is 17.2 Å². The second kappa shape index (κ2) is 10.7. The smallest absolute Gasteiger partial charge is 0.272 e. The molecule has 1 amide bonds. The van der Waals surface area contributed by atoms with Gasteiger partial charge in [0.2, 0.25) is 5.75 Å². The Bertz CT molecular complexity index is 1250. The molecular weight excluding hydrogens is 450 g/mol. The molecule has 0 aliphatic rings. The van der Waals surface area contributed by atoms with Crippen LogP contribution in [-0.4, -0.2) is 50.4 Å². The number of rotatable bonds is 9. The van der Waals surface area contributed by atoms with E-state index in [0.717, 1.165) is 5.52 Å². The number of non-ortho nitro benzene ring substituents is 1. The Morgan fingerprint density at radius 1 is 1.12 bits per heavy atom. The number of carbonyl (C=O) groups is 1. The van der Waals surface area contributed by atoms with Crippen LogP contribution in [0.3, 0.4) is 0 Å². The van der Waals surface area contributed by atoms with Crippen molar-refractivity contribution < 1.29 is 28.7 Å². The molecule has 0 aliphatic carbocycles. The van der Waals surface area contributed by atoms with Gasteiger partial charge in [0.05, 0.1) is 43.1 Å². The molecule has 0 fully saturated rings. The molecule has 0 N–H and O–H groups in total. The molecule has 10 nitrogen and oxygen atoms in total. The highest BCUT2D eigenvalue weighted by Crippen LogP contribution is 2.38. The van der Waals surface area contributed by atoms with Crippen molar-refractivity contribution in [3.63, 3.8) is 0 Å². The molecule has 0 saturated carbocycles. The second-order valence-electron chi connectivity index (χ2n) is 6.68. The van der Waals surface area contributed by atoms with E-state index in [0.29, 0.717) is 45.5 Å². The van der Waals surface area contributed by atoms with Crippen LogP contribution in [0, 0.1) is 10.1 Å². The fourth-order valence-electron chi connectivity index (χ4n) is 3.16. The maximum atomic E-state index is 12.6. The third-order valence-corrected chi connectivity index (χ3v) is 5.75. The van der Waals surface area contributed by atoms with Crippen LogP contribution in [0.4, 0.5) is 5.69 Å². The number of nitro groups is 1. The van der Waals surface area contributed by atoms with E-state index in [1.807, 2.05) is 0 Å². The van der Waals surface area contributed by atoms with Crippen LogP contribution in [0.25, 0.3) is 16.3 Å². The summed E-state index contributed by atoms with van der Waals surface area (Å²) in [7, 11) is 6.10. The molecule has 3 rings (SSSR count). The zero-order chi connectivity index (χ0) is 24.0. The molecule has 0 aliphatic heterocycles. The summed E-state index contributed by atoms with van der Waals surface area (Å²) in [4.78, 5) is 27.9. The van der Waals surface area contributed by atoms with Crippen molar-refractivity contribution in [1.29, 1.82) is 0 Å². The molecule has 3 aromatic rings. The van der Waals surface area contributed by atoms with E-state index >= 15 is 0 Å². The normalized spacial score (nSPS) is 11.8. The fraction of sp³-hybridized carbons (Fsp3) is 0.273. The van der Waals surface area contributed by atoms with Crippen molar-refractivity contribution in [2.45, 2.75) is 6.54 Å². The number of fused-ring (bicyclic) bond motifs is 1. The average molecular weight is 474 g/mol. The molecule has 11 heteroatoms. The second-order valence-corrected chi connectivity index (χ2v) is 7.69. The summed E-state index contributed by atoms with van der Waals surface area (Å²) in [6, 6.07) is 7.96. The summed E-state index contributed by atoms with van der Waals surface area (Å²) in [5.41, 5.74) is 1.37. The first-order chi connectivity index (χ1) is 15.9. The van der Waals surface area contributed by atoms with Crippen molar-refractivity contribution in [2.75, 3.05) is 35.0 Å². The summed E-state index contributed by atoms with van der Waals surface area (Å²) < 4.78 is 23.6. The van der Waals surface area contributed by atoms with E-state index in [9.17, 15) is 14.9 Å². The molecule has 1 heterocycles. The molecule has 1 aromatic heterocycles. The van der Waals surface area contributed by atoms with Gasteiger partial charge in [0.25, 0.3) is 11.6 Å². The largest absolute Gasteiger partial charge is 0.493 e. The zero-order valence-corrected chi connectivity index (χ0v) is 19.4. The number of methoxy groups -OCH3 is 4. The Hall–Kier alpha value is -3.70. The number of nitrogens with zero attached hydrogens (tertiary/aromatic N) is 3. The van der Waals surface area contributed by atoms with Gasteiger partial charge in [-0.15, -0.1) is 0 Å². The Labute approximate surface area is 193 Å². The quantitative estimate of drug-likeness (QED) is 0.266. The number of aromatic nitrogens is 1. The van der Waals surface area contributed by atoms with Gasteiger partial charge in [-0.25, -0.2) is 0 Å². The fourth-order valence-corrected chi connectivity index (χ4v) is 4.25. The SMILES string of the molecule is COCCn1c(=NC(=O)/C=C\c2cc(OC)c(OC)c(OC)c2)sc2cc([N+](=O)[O-])ccc21. The summed E-state index contributed by atoms with van der Waals surface area (Å²) in [5, 5.41) is 11.1. The molecular formula is C22H23N3O7S. The van der Waals surface area contributed by atoms with E-state index < -0.39 is 10.8 Å². The lowest BCUT2D eigenvalue weighted by Gasteiger charge is -2.12. The summed E-state index contributed by atoms with van der Waals surface area (Å²) in [6.07, 6.45) is 2.92. The van der Waals surface area contributed by atoms with Crippen molar-refractivity contribution in [2.24, 2.45) is 4.99 Å². The molecule has 0 atom stereocenters. The Kier molecular flexibility index (Phi) is 7.80. The van der Waals surface area contributed by atoms with E-state index in [1.54, 1.807) is 36.0 Å². The van der Waals surface area contributed by atoms with Crippen LogP contribution >= 0.6 is 11.3 Å². The maximum absolute atomic E-state index is 12.6. The third-order valence-electron chi connectivity index (χ3n) is 4.71. The van der Waals surface area contributed by atoms with E-state index in [1.165, 1.54) is 50.9 Å². The zero-order valence-electron chi connectivity index (χ0n) is 18.6. The van der Waals surface area contributed by atoms with Gasteiger partial charge < -0.3 is 23.5 Å². The highest BCUT2D eigenvalue weighted by atomic mass is 32.1. The lowest BCUT2D eigenvalue weighted by atomic mass is 10.1. The number of benzene rings is 2. The van der Waals surface area contributed by atoms with Crippen LogP contribution in [0.1, 0.15) is 5.56 Å². The number of hydrogen-bond acceptors (Lipinski definition) is 8. The minimum absolute atomic E-state index is 0.0252. The Balaban J connectivity index is 1.98. The van der Waals surface area contributed by atoms with Crippen LogP contribution in [0.2, 0.25) is 0 Å². The molecule has 0 saturated heterocycles. The Morgan fingerprint density at radius 3 is 2.39 bits per heavy atom. The Morgan fingerprint density at radius 2 is 1.82 bits per heavy atom. The monoisotopic (exact) mass is 473 g/mol. The summed E-state index contributed by atoms with van der Waals surface area (Å²) in [5.74, 6) is 0.886.